The van der Waals surface area contributed by atoms with E-state index in [-0.39, 0.29) is 0 Å². The van der Waals surface area contributed by atoms with Crippen molar-refractivity contribution >= 4 is 10.2 Å². The lowest BCUT2D eigenvalue weighted by Crippen LogP contribution is -2.24. The molecule has 1 heterocycles. The highest BCUT2D eigenvalue weighted by molar-refractivity contribution is 7.87. The molecule has 0 amide bonds. The Hall–Kier alpha value is -0.940. The first kappa shape index (κ1) is 11.5. The average molecular weight is 243 g/mol. The van der Waals surface area contributed by atoms with Crippen molar-refractivity contribution in [3.05, 3.63) is 35.9 Å². The van der Waals surface area contributed by atoms with Crippen LogP contribution in [-0.4, -0.2) is 31.7 Å². The van der Waals surface area contributed by atoms with E-state index < -0.39 is 15.5 Å². The molecule has 88 valence electrons. The van der Waals surface area contributed by atoms with Crippen LogP contribution >= 0.6 is 0 Å². The van der Waals surface area contributed by atoms with Gasteiger partial charge in [0, 0.05) is 13.1 Å². The molecule has 5 heteroatoms. The Morgan fingerprint density at radius 3 is 2.56 bits per heavy atom. The molecule has 0 aromatic heterocycles. The van der Waals surface area contributed by atoms with Crippen molar-refractivity contribution < 1.29 is 12.3 Å². The molecule has 1 aliphatic heterocycles. The molecule has 1 aromatic rings. The lowest BCUT2D eigenvalue weighted by molar-refractivity contribution is 0.331. The van der Waals surface area contributed by atoms with Crippen LogP contribution in [0.3, 0.4) is 0 Å². The fourth-order valence-corrected chi connectivity index (χ4v) is 2.79. The average Bonchev–Trinajstić information content (AvgIpc) is 2.67. The first-order chi connectivity index (χ1) is 7.55. The van der Waals surface area contributed by atoms with Gasteiger partial charge in [-0.15, -0.1) is 3.89 Å². The summed E-state index contributed by atoms with van der Waals surface area (Å²) in [7, 11) is -4.37. The van der Waals surface area contributed by atoms with Crippen LogP contribution in [0.15, 0.2) is 30.3 Å². The minimum absolute atomic E-state index is 0.299. The van der Waals surface area contributed by atoms with Crippen LogP contribution in [0.4, 0.5) is 3.89 Å². The third kappa shape index (κ3) is 2.80. The second-order valence-corrected chi connectivity index (χ2v) is 5.72. The minimum atomic E-state index is -4.37. The fraction of sp³-hybridized carbons (Fsp3) is 0.455. The summed E-state index contributed by atoms with van der Waals surface area (Å²) in [4.78, 5) is 1.97. The minimum Gasteiger partial charge on any atom is -0.298 e. The molecule has 1 saturated heterocycles. The van der Waals surface area contributed by atoms with E-state index >= 15 is 0 Å². The Balaban J connectivity index is 1.96. The van der Waals surface area contributed by atoms with Gasteiger partial charge in [-0.25, -0.2) is 0 Å². The van der Waals surface area contributed by atoms with E-state index in [9.17, 15) is 12.3 Å². The highest BCUT2D eigenvalue weighted by Crippen LogP contribution is 2.20. The van der Waals surface area contributed by atoms with E-state index in [0.29, 0.717) is 26.1 Å². The maximum absolute atomic E-state index is 12.8. The number of likely N-dealkylation sites (tertiary alicyclic amines) is 1. The Bertz CT molecular complexity index is 446. The van der Waals surface area contributed by atoms with Gasteiger partial charge in [-0.3, -0.25) is 4.90 Å². The Labute approximate surface area is 95.1 Å². The quantitative estimate of drug-likeness (QED) is 0.756. The Morgan fingerprint density at radius 1 is 1.31 bits per heavy atom. The number of halogens is 1. The van der Waals surface area contributed by atoms with Crippen molar-refractivity contribution in [1.29, 1.82) is 0 Å². The summed E-state index contributed by atoms with van der Waals surface area (Å²) in [6.45, 7) is 1.63. The van der Waals surface area contributed by atoms with Gasteiger partial charge in [0.1, 0.15) is 5.25 Å². The molecule has 1 unspecified atom stereocenters. The molecular weight excluding hydrogens is 229 g/mol. The molecule has 1 atom stereocenters. The summed E-state index contributed by atoms with van der Waals surface area (Å²) in [6.07, 6.45) is 0.395. The summed E-state index contributed by atoms with van der Waals surface area (Å²) in [5, 5.41) is -0.837. The lowest BCUT2D eigenvalue weighted by atomic mass is 10.2. The zero-order chi connectivity index (χ0) is 11.6. The van der Waals surface area contributed by atoms with E-state index in [1.807, 2.05) is 35.2 Å². The van der Waals surface area contributed by atoms with E-state index in [0.717, 1.165) is 5.56 Å². The molecule has 0 radical (unpaired) electrons. The van der Waals surface area contributed by atoms with Gasteiger partial charge in [-0.05, 0) is 18.5 Å². The van der Waals surface area contributed by atoms with E-state index in [1.54, 1.807) is 0 Å². The Kier molecular flexibility index (Phi) is 3.25. The summed E-state index contributed by atoms with van der Waals surface area (Å²) in [5.74, 6) is 0. The summed E-state index contributed by atoms with van der Waals surface area (Å²) in [6, 6.07) is 9.78. The zero-order valence-electron chi connectivity index (χ0n) is 8.84. The summed E-state index contributed by atoms with van der Waals surface area (Å²) < 4.78 is 34.2. The van der Waals surface area contributed by atoms with Crippen LogP contribution in [0.25, 0.3) is 0 Å². The van der Waals surface area contributed by atoms with Gasteiger partial charge >= 0.3 is 10.2 Å². The summed E-state index contributed by atoms with van der Waals surface area (Å²) >= 11 is 0. The van der Waals surface area contributed by atoms with Gasteiger partial charge in [-0.1, -0.05) is 30.3 Å². The normalized spacial score (nSPS) is 22.4. The second kappa shape index (κ2) is 4.51. The van der Waals surface area contributed by atoms with Gasteiger partial charge in [-0.2, -0.15) is 8.42 Å². The van der Waals surface area contributed by atoms with Gasteiger partial charge in [0.25, 0.3) is 0 Å². The topological polar surface area (TPSA) is 37.4 Å². The molecule has 0 spiro atoms. The predicted octanol–water partition coefficient (Wildman–Crippen LogP) is 1.56. The zero-order valence-corrected chi connectivity index (χ0v) is 9.66. The van der Waals surface area contributed by atoms with Crippen molar-refractivity contribution in [2.75, 3.05) is 13.1 Å². The molecule has 1 aliphatic rings. The molecule has 2 rings (SSSR count). The standard InChI is InChI=1S/C11H14FNO2S/c12-16(14,15)11-6-7-13(9-11)8-10-4-2-1-3-5-10/h1-5,11H,6-9H2. The van der Waals surface area contributed by atoms with Gasteiger partial charge in [0.2, 0.25) is 0 Å². The molecule has 3 nitrogen and oxygen atoms in total. The van der Waals surface area contributed by atoms with Crippen molar-refractivity contribution in [3.63, 3.8) is 0 Å². The number of hydrogen-bond acceptors (Lipinski definition) is 3. The largest absolute Gasteiger partial charge is 0.306 e. The predicted molar refractivity (Wildman–Crippen MR) is 60.2 cm³/mol. The van der Waals surface area contributed by atoms with Gasteiger partial charge in [0.05, 0.1) is 0 Å². The fourth-order valence-electron chi connectivity index (χ4n) is 2.01. The van der Waals surface area contributed by atoms with Crippen LogP contribution < -0.4 is 0 Å². The highest BCUT2D eigenvalue weighted by Gasteiger charge is 2.32. The lowest BCUT2D eigenvalue weighted by Gasteiger charge is -2.14. The van der Waals surface area contributed by atoms with Gasteiger partial charge in [0.15, 0.2) is 0 Å². The molecule has 1 fully saturated rings. The third-order valence-electron chi connectivity index (χ3n) is 2.88. The number of nitrogens with zero attached hydrogens (tertiary/aromatic N) is 1. The maximum Gasteiger partial charge on any atom is 0.306 e. The molecule has 0 bridgehead atoms. The molecule has 0 aliphatic carbocycles. The Morgan fingerprint density at radius 2 is 2.00 bits per heavy atom. The van der Waals surface area contributed by atoms with E-state index in [1.165, 1.54) is 0 Å². The van der Waals surface area contributed by atoms with Crippen molar-refractivity contribution in [2.45, 2.75) is 18.2 Å². The molecule has 0 N–H and O–H groups in total. The van der Waals surface area contributed by atoms with Crippen LogP contribution in [0.5, 0.6) is 0 Å². The molecule has 0 saturated carbocycles. The number of benzene rings is 1. The van der Waals surface area contributed by atoms with Crippen LogP contribution in [0.1, 0.15) is 12.0 Å². The number of rotatable bonds is 3. The second-order valence-electron chi connectivity index (χ2n) is 4.11. The summed E-state index contributed by atoms with van der Waals surface area (Å²) in [5.41, 5.74) is 1.12. The number of hydrogen-bond donors (Lipinski definition) is 0. The van der Waals surface area contributed by atoms with Crippen LogP contribution in [0.2, 0.25) is 0 Å². The first-order valence-electron chi connectivity index (χ1n) is 5.25. The SMILES string of the molecule is O=S(=O)(F)C1CCN(Cc2ccccc2)C1. The van der Waals surface area contributed by atoms with Crippen molar-refractivity contribution in [1.82, 2.24) is 4.90 Å². The van der Waals surface area contributed by atoms with Crippen LogP contribution in [0, 0.1) is 0 Å². The van der Waals surface area contributed by atoms with Crippen LogP contribution in [-0.2, 0) is 16.8 Å². The molecule has 16 heavy (non-hydrogen) atoms. The molecule has 1 aromatic carbocycles. The first-order valence-corrected chi connectivity index (χ1v) is 6.70. The van der Waals surface area contributed by atoms with Crippen molar-refractivity contribution in [3.8, 4) is 0 Å². The third-order valence-corrected chi connectivity index (χ3v) is 4.06. The monoisotopic (exact) mass is 243 g/mol. The van der Waals surface area contributed by atoms with Gasteiger partial charge < -0.3 is 0 Å². The van der Waals surface area contributed by atoms with Crippen molar-refractivity contribution in [2.24, 2.45) is 0 Å². The highest BCUT2D eigenvalue weighted by atomic mass is 32.3. The smallest absolute Gasteiger partial charge is 0.298 e. The van der Waals surface area contributed by atoms with E-state index in [4.69, 9.17) is 0 Å². The maximum atomic E-state index is 12.8. The van der Waals surface area contributed by atoms with E-state index in [2.05, 4.69) is 0 Å². The molecular formula is C11H14FNO2S.